The quantitative estimate of drug-likeness (QED) is 0.850. The molecule has 1 aromatic heterocycles. The van der Waals surface area contributed by atoms with Crippen molar-refractivity contribution in [3.63, 3.8) is 0 Å². The Kier molecular flexibility index (Phi) is 3.76. The molecular weight excluding hydrogens is 204 g/mol. The highest BCUT2D eigenvalue weighted by Crippen LogP contribution is 2.17. The number of hydrogen-bond acceptors (Lipinski definition) is 3. The molecule has 0 saturated carbocycles. The Bertz CT molecular complexity index is 300. The third-order valence-corrected chi connectivity index (χ3v) is 3.72. The van der Waals surface area contributed by atoms with E-state index in [0.29, 0.717) is 12.0 Å². The molecule has 0 spiro atoms. The van der Waals surface area contributed by atoms with Crippen molar-refractivity contribution in [1.82, 2.24) is 10.3 Å². The molecule has 84 valence electrons. The van der Waals surface area contributed by atoms with E-state index in [0.717, 1.165) is 12.8 Å². The monoisotopic (exact) mass is 224 g/mol. The highest BCUT2D eigenvalue weighted by atomic mass is 32.1. The lowest BCUT2D eigenvalue weighted by molar-refractivity contribution is 0.596. The minimum absolute atomic E-state index is 0.683. The maximum absolute atomic E-state index is 4.69. The Morgan fingerprint density at radius 1 is 1.60 bits per heavy atom. The predicted octanol–water partition coefficient (Wildman–Crippen LogP) is 2.64. The van der Waals surface area contributed by atoms with Crippen LogP contribution in [0.5, 0.6) is 0 Å². The standard InChI is InChI=1S/C12H20N2S/c1-9(2)6-11-8-15-12(14-11)7-10-4-3-5-13-10/h8-10,13H,3-7H2,1-2H3. The molecule has 1 unspecified atom stereocenters. The maximum Gasteiger partial charge on any atom is 0.0943 e. The smallest absolute Gasteiger partial charge is 0.0943 e. The van der Waals surface area contributed by atoms with Crippen molar-refractivity contribution in [2.24, 2.45) is 5.92 Å². The molecule has 0 aliphatic carbocycles. The Labute approximate surface area is 96.1 Å². The van der Waals surface area contributed by atoms with Gasteiger partial charge in [-0.15, -0.1) is 11.3 Å². The maximum atomic E-state index is 4.69. The highest BCUT2D eigenvalue weighted by Gasteiger charge is 2.16. The fourth-order valence-electron chi connectivity index (χ4n) is 2.10. The Morgan fingerprint density at radius 3 is 3.13 bits per heavy atom. The van der Waals surface area contributed by atoms with Crippen molar-refractivity contribution in [2.45, 2.75) is 45.6 Å². The first-order valence-corrected chi connectivity index (χ1v) is 6.78. The van der Waals surface area contributed by atoms with Crippen molar-refractivity contribution in [3.05, 3.63) is 16.1 Å². The van der Waals surface area contributed by atoms with Crippen molar-refractivity contribution in [2.75, 3.05) is 6.54 Å². The van der Waals surface area contributed by atoms with Gasteiger partial charge < -0.3 is 5.32 Å². The lowest BCUT2D eigenvalue weighted by Crippen LogP contribution is -2.23. The summed E-state index contributed by atoms with van der Waals surface area (Å²) in [6.07, 6.45) is 4.89. The molecule has 0 amide bonds. The summed E-state index contributed by atoms with van der Waals surface area (Å²) in [6.45, 7) is 5.68. The molecule has 0 radical (unpaired) electrons. The minimum atomic E-state index is 0.683. The first-order chi connectivity index (χ1) is 7.24. The molecule has 2 rings (SSSR count). The highest BCUT2D eigenvalue weighted by molar-refractivity contribution is 7.09. The molecule has 1 aliphatic heterocycles. The van der Waals surface area contributed by atoms with Gasteiger partial charge in [0.2, 0.25) is 0 Å². The largest absolute Gasteiger partial charge is 0.314 e. The van der Waals surface area contributed by atoms with E-state index < -0.39 is 0 Å². The molecule has 0 bridgehead atoms. The molecule has 1 aromatic rings. The fraction of sp³-hybridized carbons (Fsp3) is 0.750. The van der Waals surface area contributed by atoms with Crippen LogP contribution in [0.15, 0.2) is 5.38 Å². The molecule has 1 N–H and O–H groups in total. The Morgan fingerprint density at radius 2 is 2.47 bits per heavy atom. The second kappa shape index (κ2) is 5.08. The zero-order valence-corrected chi connectivity index (χ0v) is 10.4. The molecular formula is C12H20N2S. The van der Waals surface area contributed by atoms with Gasteiger partial charge in [-0.05, 0) is 31.7 Å². The average molecular weight is 224 g/mol. The van der Waals surface area contributed by atoms with Gasteiger partial charge in [0.25, 0.3) is 0 Å². The molecule has 0 aromatic carbocycles. The van der Waals surface area contributed by atoms with Gasteiger partial charge in [0, 0.05) is 17.8 Å². The van der Waals surface area contributed by atoms with Crippen LogP contribution in [-0.2, 0) is 12.8 Å². The van der Waals surface area contributed by atoms with Crippen LogP contribution in [0.2, 0.25) is 0 Å². The molecule has 1 saturated heterocycles. The summed E-state index contributed by atoms with van der Waals surface area (Å²) in [5, 5.41) is 7.06. The second-order valence-electron chi connectivity index (χ2n) is 4.83. The van der Waals surface area contributed by atoms with E-state index in [1.54, 1.807) is 0 Å². The summed E-state index contributed by atoms with van der Waals surface area (Å²) in [4.78, 5) is 4.69. The van der Waals surface area contributed by atoms with Crippen molar-refractivity contribution in [1.29, 1.82) is 0 Å². The summed E-state index contributed by atoms with van der Waals surface area (Å²) < 4.78 is 0. The van der Waals surface area contributed by atoms with E-state index in [1.165, 1.54) is 30.1 Å². The summed E-state index contributed by atoms with van der Waals surface area (Å²) in [5.74, 6) is 0.713. The van der Waals surface area contributed by atoms with Crippen LogP contribution >= 0.6 is 11.3 Å². The third kappa shape index (κ3) is 3.28. The van der Waals surface area contributed by atoms with E-state index in [1.807, 2.05) is 11.3 Å². The lowest BCUT2D eigenvalue weighted by Gasteiger charge is -2.06. The predicted molar refractivity (Wildman–Crippen MR) is 65.4 cm³/mol. The molecule has 1 aliphatic rings. The first kappa shape index (κ1) is 11.1. The second-order valence-corrected chi connectivity index (χ2v) is 5.77. The summed E-state index contributed by atoms with van der Waals surface area (Å²) in [7, 11) is 0. The van der Waals surface area contributed by atoms with Crippen LogP contribution in [-0.4, -0.2) is 17.6 Å². The van der Waals surface area contributed by atoms with Gasteiger partial charge >= 0.3 is 0 Å². The Balaban J connectivity index is 1.88. The van der Waals surface area contributed by atoms with Gasteiger partial charge in [-0.25, -0.2) is 4.98 Å². The van der Waals surface area contributed by atoms with Gasteiger partial charge in [-0.1, -0.05) is 13.8 Å². The van der Waals surface area contributed by atoms with Crippen LogP contribution in [0, 0.1) is 5.92 Å². The van der Waals surface area contributed by atoms with Gasteiger partial charge in [0.15, 0.2) is 0 Å². The molecule has 3 heteroatoms. The lowest BCUT2D eigenvalue weighted by atomic mass is 10.1. The average Bonchev–Trinajstić information content (AvgIpc) is 2.77. The van der Waals surface area contributed by atoms with E-state index >= 15 is 0 Å². The fourth-order valence-corrected chi connectivity index (χ4v) is 2.98. The van der Waals surface area contributed by atoms with Crippen LogP contribution in [0.3, 0.4) is 0 Å². The van der Waals surface area contributed by atoms with E-state index in [4.69, 9.17) is 4.98 Å². The Hall–Kier alpha value is -0.410. The van der Waals surface area contributed by atoms with Gasteiger partial charge in [0.05, 0.1) is 10.7 Å². The molecule has 1 atom stereocenters. The van der Waals surface area contributed by atoms with Crippen molar-refractivity contribution >= 4 is 11.3 Å². The van der Waals surface area contributed by atoms with Crippen LogP contribution in [0.4, 0.5) is 0 Å². The third-order valence-electron chi connectivity index (χ3n) is 2.80. The van der Waals surface area contributed by atoms with Crippen molar-refractivity contribution in [3.8, 4) is 0 Å². The van der Waals surface area contributed by atoms with Gasteiger partial charge in [-0.3, -0.25) is 0 Å². The topological polar surface area (TPSA) is 24.9 Å². The number of nitrogens with zero attached hydrogens (tertiary/aromatic N) is 1. The molecule has 15 heavy (non-hydrogen) atoms. The van der Waals surface area contributed by atoms with Gasteiger partial charge in [-0.2, -0.15) is 0 Å². The summed E-state index contributed by atoms with van der Waals surface area (Å²) in [5.41, 5.74) is 1.28. The number of thiazole rings is 1. The van der Waals surface area contributed by atoms with Crippen LogP contribution < -0.4 is 5.32 Å². The van der Waals surface area contributed by atoms with Crippen molar-refractivity contribution < 1.29 is 0 Å². The number of nitrogens with one attached hydrogen (secondary N) is 1. The number of hydrogen-bond donors (Lipinski definition) is 1. The van der Waals surface area contributed by atoms with E-state index in [9.17, 15) is 0 Å². The number of aromatic nitrogens is 1. The van der Waals surface area contributed by atoms with E-state index in [-0.39, 0.29) is 0 Å². The molecule has 2 heterocycles. The van der Waals surface area contributed by atoms with Gasteiger partial charge in [0.1, 0.15) is 0 Å². The van der Waals surface area contributed by atoms with Crippen LogP contribution in [0.1, 0.15) is 37.4 Å². The molecule has 1 fully saturated rings. The normalized spacial score (nSPS) is 21.4. The molecule has 2 nitrogen and oxygen atoms in total. The van der Waals surface area contributed by atoms with Crippen LogP contribution in [0.25, 0.3) is 0 Å². The first-order valence-electron chi connectivity index (χ1n) is 5.90. The summed E-state index contributed by atoms with van der Waals surface area (Å²) >= 11 is 1.83. The number of rotatable bonds is 4. The SMILES string of the molecule is CC(C)Cc1csc(CC2CCCN2)n1. The summed E-state index contributed by atoms with van der Waals surface area (Å²) in [6, 6.07) is 0.683. The zero-order chi connectivity index (χ0) is 10.7. The zero-order valence-electron chi connectivity index (χ0n) is 9.62. The van der Waals surface area contributed by atoms with E-state index in [2.05, 4.69) is 24.5 Å². The minimum Gasteiger partial charge on any atom is -0.314 e.